The summed E-state index contributed by atoms with van der Waals surface area (Å²) >= 11 is 0. The van der Waals surface area contributed by atoms with Crippen LogP contribution < -0.4 is 10.9 Å². The maximum absolute atomic E-state index is 13.6. The molecule has 1 fully saturated rings. The zero-order valence-electron chi connectivity index (χ0n) is 18.2. The number of halogens is 3. The molecule has 9 heteroatoms. The molecule has 34 heavy (non-hydrogen) atoms. The van der Waals surface area contributed by atoms with Crippen LogP contribution in [-0.4, -0.2) is 27.9 Å². The number of oxazole rings is 1. The predicted octanol–water partition coefficient (Wildman–Crippen LogP) is 4.78. The largest absolute Gasteiger partial charge is 0.441 e. The van der Waals surface area contributed by atoms with E-state index in [1.807, 2.05) is 24.3 Å². The number of hydrogen-bond acceptors (Lipinski definition) is 5. The first-order valence-electron chi connectivity index (χ1n) is 10.9. The van der Waals surface area contributed by atoms with Gasteiger partial charge >= 0.3 is 0 Å². The van der Waals surface area contributed by atoms with E-state index in [0.717, 1.165) is 48.9 Å². The Balaban J connectivity index is 0.00000274. The Kier molecular flexibility index (Phi) is 7.19. The zero-order chi connectivity index (χ0) is 22.8. The SMILES string of the molecule is Cl.O=c1ccc(-c2cc(F)cc(F)c2)nn1Cc1cccc(-c2ncc(C3CCNCC3)o2)c1. The van der Waals surface area contributed by atoms with Crippen LogP contribution in [0.5, 0.6) is 0 Å². The molecule has 2 aromatic heterocycles. The number of aromatic nitrogens is 3. The van der Waals surface area contributed by atoms with Gasteiger partial charge in [0, 0.05) is 29.2 Å². The number of nitrogens with zero attached hydrogens (tertiary/aromatic N) is 3. The molecule has 4 aromatic rings. The highest BCUT2D eigenvalue weighted by Crippen LogP contribution is 2.29. The molecule has 1 aliphatic rings. The van der Waals surface area contributed by atoms with Crippen LogP contribution in [0.4, 0.5) is 8.78 Å². The Hall–Kier alpha value is -3.36. The highest BCUT2D eigenvalue weighted by atomic mass is 35.5. The van der Waals surface area contributed by atoms with Crippen LogP contribution in [0.2, 0.25) is 0 Å². The van der Waals surface area contributed by atoms with E-state index in [9.17, 15) is 13.6 Å². The van der Waals surface area contributed by atoms with Crippen molar-refractivity contribution >= 4 is 12.4 Å². The summed E-state index contributed by atoms with van der Waals surface area (Å²) < 4.78 is 34.5. The molecule has 0 bridgehead atoms. The van der Waals surface area contributed by atoms with Crippen molar-refractivity contribution in [2.45, 2.75) is 25.3 Å². The standard InChI is InChI=1S/C25H22F2N4O2.ClH/c26-20-11-19(12-21(27)13-20)22-4-5-24(32)31(30-22)15-16-2-1-3-18(10-16)25-29-14-23(33-25)17-6-8-28-9-7-17;/h1-5,10-14,17,28H,6-9,15H2;1H. The fourth-order valence-electron chi connectivity index (χ4n) is 4.11. The second-order valence-electron chi connectivity index (χ2n) is 8.17. The number of benzene rings is 2. The molecule has 3 heterocycles. The van der Waals surface area contributed by atoms with Crippen molar-refractivity contribution in [2.75, 3.05) is 13.1 Å². The first-order valence-corrected chi connectivity index (χ1v) is 10.9. The molecule has 0 aliphatic carbocycles. The van der Waals surface area contributed by atoms with Gasteiger partial charge in [0.25, 0.3) is 5.56 Å². The van der Waals surface area contributed by atoms with Gasteiger partial charge in [0.1, 0.15) is 17.4 Å². The Morgan fingerprint density at radius 2 is 1.76 bits per heavy atom. The molecule has 2 aromatic carbocycles. The van der Waals surface area contributed by atoms with Crippen LogP contribution >= 0.6 is 12.4 Å². The minimum Gasteiger partial charge on any atom is -0.441 e. The third-order valence-electron chi connectivity index (χ3n) is 5.80. The molecule has 0 radical (unpaired) electrons. The average Bonchev–Trinajstić information content (AvgIpc) is 3.31. The first-order chi connectivity index (χ1) is 16.0. The van der Waals surface area contributed by atoms with Crippen molar-refractivity contribution in [3.05, 3.63) is 94.1 Å². The summed E-state index contributed by atoms with van der Waals surface area (Å²) in [6.45, 7) is 2.14. The van der Waals surface area contributed by atoms with Crippen LogP contribution in [0.25, 0.3) is 22.7 Å². The van der Waals surface area contributed by atoms with Crippen molar-refractivity contribution in [1.29, 1.82) is 0 Å². The van der Waals surface area contributed by atoms with Gasteiger partial charge in [-0.05, 0) is 61.8 Å². The van der Waals surface area contributed by atoms with Gasteiger partial charge in [-0.15, -0.1) is 12.4 Å². The lowest BCUT2D eigenvalue weighted by atomic mass is 9.96. The molecule has 1 N–H and O–H groups in total. The highest BCUT2D eigenvalue weighted by Gasteiger charge is 2.20. The smallest absolute Gasteiger partial charge is 0.267 e. The van der Waals surface area contributed by atoms with E-state index in [0.29, 0.717) is 17.5 Å². The van der Waals surface area contributed by atoms with Gasteiger partial charge in [-0.2, -0.15) is 5.10 Å². The number of piperidine rings is 1. The van der Waals surface area contributed by atoms with Gasteiger partial charge in [-0.25, -0.2) is 18.4 Å². The molecule has 1 saturated heterocycles. The van der Waals surface area contributed by atoms with Crippen molar-refractivity contribution in [3.8, 4) is 22.7 Å². The van der Waals surface area contributed by atoms with Crippen molar-refractivity contribution < 1.29 is 13.2 Å². The maximum atomic E-state index is 13.6. The molecule has 6 nitrogen and oxygen atoms in total. The fraction of sp³-hybridized carbons (Fsp3) is 0.240. The Morgan fingerprint density at radius 1 is 1.00 bits per heavy atom. The quantitative estimate of drug-likeness (QED) is 0.441. The monoisotopic (exact) mass is 484 g/mol. The summed E-state index contributed by atoms with van der Waals surface area (Å²) in [5.41, 5.74) is 1.89. The van der Waals surface area contributed by atoms with E-state index in [-0.39, 0.29) is 30.1 Å². The molecule has 5 rings (SSSR count). The summed E-state index contributed by atoms with van der Waals surface area (Å²) in [4.78, 5) is 16.8. The summed E-state index contributed by atoms with van der Waals surface area (Å²) in [5.74, 6) is 0.396. The third kappa shape index (κ3) is 5.24. The minimum absolute atomic E-state index is 0. The summed E-state index contributed by atoms with van der Waals surface area (Å²) in [6, 6.07) is 13.5. The summed E-state index contributed by atoms with van der Waals surface area (Å²) in [6.07, 6.45) is 3.84. The van der Waals surface area contributed by atoms with Gasteiger partial charge in [-0.1, -0.05) is 12.1 Å². The zero-order valence-corrected chi connectivity index (χ0v) is 19.0. The Morgan fingerprint density at radius 3 is 2.53 bits per heavy atom. The molecule has 1 aliphatic heterocycles. The van der Waals surface area contributed by atoms with E-state index >= 15 is 0 Å². The highest BCUT2D eigenvalue weighted by molar-refractivity contribution is 5.85. The summed E-state index contributed by atoms with van der Waals surface area (Å²) in [7, 11) is 0. The molecule has 0 atom stereocenters. The van der Waals surface area contributed by atoms with Crippen LogP contribution in [0.1, 0.15) is 30.1 Å². The van der Waals surface area contributed by atoms with Gasteiger partial charge in [-0.3, -0.25) is 4.79 Å². The van der Waals surface area contributed by atoms with Gasteiger partial charge in [0.05, 0.1) is 18.4 Å². The predicted molar refractivity (Wildman–Crippen MR) is 127 cm³/mol. The lowest BCUT2D eigenvalue weighted by molar-refractivity contribution is 0.390. The lowest BCUT2D eigenvalue weighted by Gasteiger charge is -2.19. The van der Waals surface area contributed by atoms with E-state index in [2.05, 4.69) is 15.4 Å². The van der Waals surface area contributed by atoms with Crippen molar-refractivity contribution in [1.82, 2.24) is 20.1 Å². The van der Waals surface area contributed by atoms with Crippen LogP contribution in [0.15, 0.2) is 70.0 Å². The summed E-state index contributed by atoms with van der Waals surface area (Å²) in [5, 5.41) is 7.66. The number of hydrogen-bond donors (Lipinski definition) is 1. The van der Waals surface area contributed by atoms with E-state index in [1.165, 1.54) is 28.9 Å². The minimum atomic E-state index is -0.702. The molecule has 0 unspecified atom stereocenters. The average molecular weight is 485 g/mol. The molecule has 0 saturated carbocycles. The van der Waals surface area contributed by atoms with Crippen molar-refractivity contribution in [3.63, 3.8) is 0 Å². The Bertz CT molecular complexity index is 1330. The van der Waals surface area contributed by atoms with Gasteiger partial charge < -0.3 is 9.73 Å². The molecular weight excluding hydrogens is 462 g/mol. The van der Waals surface area contributed by atoms with Gasteiger partial charge in [0.15, 0.2) is 0 Å². The van der Waals surface area contributed by atoms with Crippen LogP contribution in [-0.2, 0) is 6.54 Å². The van der Waals surface area contributed by atoms with E-state index < -0.39 is 11.6 Å². The molecule has 0 amide bonds. The molecule has 176 valence electrons. The van der Waals surface area contributed by atoms with Crippen LogP contribution in [0, 0.1) is 11.6 Å². The normalized spacial score (nSPS) is 14.1. The van der Waals surface area contributed by atoms with E-state index in [1.54, 1.807) is 6.20 Å². The van der Waals surface area contributed by atoms with Crippen molar-refractivity contribution in [2.24, 2.45) is 0 Å². The first kappa shape index (κ1) is 23.8. The Labute approximate surface area is 201 Å². The second kappa shape index (κ2) is 10.3. The fourth-order valence-corrected chi connectivity index (χ4v) is 4.11. The lowest BCUT2D eigenvalue weighted by Crippen LogP contribution is -2.26. The number of nitrogens with one attached hydrogen (secondary N) is 1. The molecular formula is C25H23ClF2N4O2. The number of rotatable bonds is 5. The topological polar surface area (TPSA) is 73.0 Å². The van der Waals surface area contributed by atoms with Crippen LogP contribution in [0.3, 0.4) is 0 Å². The van der Waals surface area contributed by atoms with Gasteiger partial charge in [0.2, 0.25) is 5.89 Å². The molecule has 0 spiro atoms. The maximum Gasteiger partial charge on any atom is 0.267 e. The second-order valence-corrected chi connectivity index (χ2v) is 8.17. The third-order valence-corrected chi connectivity index (χ3v) is 5.80. The van der Waals surface area contributed by atoms with E-state index in [4.69, 9.17) is 4.42 Å².